The quantitative estimate of drug-likeness (QED) is 0.672. The number of phenolic OH excluding ortho intramolecular Hbond substituents is 1. The first kappa shape index (κ1) is 16.8. The van der Waals surface area contributed by atoms with E-state index in [1.54, 1.807) is 6.07 Å². The number of anilines is 1. The van der Waals surface area contributed by atoms with Gasteiger partial charge in [0.2, 0.25) is 0 Å². The van der Waals surface area contributed by atoms with Crippen molar-refractivity contribution in [2.45, 2.75) is 32.7 Å². The summed E-state index contributed by atoms with van der Waals surface area (Å²) in [4.78, 5) is 0. The topological polar surface area (TPSA) is 70.1 Å². The van der Waals surface area contributed by atoms with Gasteiger partial charge in [-0.3, -0.25) is 0 Å². The van der Waals surface area contributed by atoms with Gasteiger partial charge in [0.15, 0.2) is 5.82 Å². The average molecular weight is 348 g/mol. The average Bonchev–Trinajstić information content (AvgIpc) is 2.64. The Labute approximate surface area is 153 Å². The monoisotopic (exact) mass is 348 g/mol. The number of phenols is 1. The number of fused-ring (bicyclic) bond motifs is 1. The van der Waals surface area contributed by atoms with Crippen molar-refractivity contribution in [3.63, 3.8) is 0 Å². The minimum absolute atomic E-state index is 0.237. The van der Waals surface area contributed by atoms with E-state index >= 15 is 0 Å². The van der Waals surface area contributed by atoms with Crippen molar-refractivity contribution in [2.75, 3.05) is 18.4 Å². The Bertz CT molecular complexity index is 948. The van der Waals surface area contributed by atoms with E-state index < -0.39 is 0 Å². The lowest BCUT2D eigenvalue weighted by Crippen LogP contribution is -2.38. The standard InChI is InChI=1S/C21H24N4O/c1-13-8-9-16(18(26)11-13)20-19-14(2)5-3-7-17(19)21(25-24-20)23-15-6-4-10-22-12-15/h3,5,7-9,11,15,22,26H,4,6,10,12H2,1-2H3,(H,23,25)/t15-/m1/s1. The molecule has 1 aliphatic heterocycles. The fourth-order valence-electron chi connectivity index (χ4n) is 3.69. The maximum absolute atomic E-state index is 10.4. The number of hydrogen-bond donors (Lipinski definition) is 3. The van der Waals surface area contributed by atoms with Crippen molar-refractivity contribution >= 4 is 16.6 Å². The minimum atomic E-state index is 0.237. The molecule has 0 bridgehead atoms. The number of rotatable bonds is 3. The van der Waals surface area contributed by atoms with Gasteiger partial charge in [-0.2, -0.15) is 0 Å². The lowest BCUT2D eigenvalue weighted by atomic mass is 9.99. The third-order valence-corrected chi connectivity index (χ3v) is 5.06. The Morgan fingerprint density at radius 1 is 1.15 bits per heavy atom. The number of aryl methyl sites for hydroxylation is 2. The normalized spacial score (nSPS) is 17.4. The highest BCUT2D eigenvalue weighted by Crippen LogP contribution is 2.36. The summed E-state index contributed by atoms with van der Waals surface area (Å²) in [6.45, 7) is 6.05. The molecule has 26 heavy (non-hydrogen) atoms. The Morgan fingerprint density at radius 3 is 2.81 bits per heavy atom. The Hall–Kier alpha value is -2.66. The molecule has 134 valence electrons. The zero-order valence-electron chi connectivity index (χ0n) is 15.2. The van der Waals surface area contributed by atoms with E-state index in [4.69, 9.17) is 0 Å². The van der Waals surface area contributed by atoms with Crippen molar-refractivity contribution in [2.24, 2.45) is 0 Å². The van der Waals surface area contributed by atoms with E-state index in [0.29, 0.717) is 11.6 Å². The van der Waals surface area contributed by atoms with Crippen LogP contribution in [-0.4, -0.2) is 34.4 Å². The first-order valence-corrected chi connectivity index (χ1v) is 9.17. The summed E-state index contributed by atoms with van der Waals surface area (Å²) in [6, 6.07) is 12.2. The van der Waals surface area contributed by atoms with Gasteiger partial charge >= 0.3 is 0 Å². The summed E-state index contributed by atoms with van der Waals surface area (Å²) in [6.07, 6.45) is 2.29. The zero-order chi connectivity index (χ0) is 18.1. The molecule has 3 N–H and O–H groups in total. The molecular formula is C21H24N4O. The van der Waals surface area contributed by atoms with E-state index in [1.165, 1.54) is 0 Å². The molecule has 1 atom stereocenters. The number of nitrogens with zero attached hydrogens (tertiary/aromatic N) is 2. The molecule has 1 aromatic heterocycles. The van der Waals surface area contributed by atoms with E-state index in [2.05, 4.69) is 39.9 Å². The number of nitrogens with one attached hydrogen (secondary N) is 2. The SMILES string of the molecule is Cc1ccc(-c2nnc(N[C@@H]3CCCNC3)c3cccc(C)c23)c(O)c1. The molecule has 0 spiro atoms. The van der Waals surface area contributed by atoms with Crippen LogP contribution in [0.4, 0.5) is 5.82 Å². The minimum Gasteiger partial charge on any atom is -0.507 e. The molecule has 0 saturated carbocycles. The molecule has 1 saturated heterocycles. The summed E-state index contributed by atoms with van der Waals surface area (Å²) >= 11 is 0. The van der Waals surface area contributed by atoms with Gasteiger partial charge in [-0.05, 0) is 56.5 Å². The van der Waals surface area contributed by atoms with Crippen molar-refractivity contribution in [3.8, 4) is 17.0 Å². The van der Waals surface area contributed by atoms with Crippen molar-refractivity contribution < 1.29 is 5.11 Å². The molecule has 3 aromatic rings. The van der Waals surface area contributed by atoms with Crippen LogP contribution in [0, 0.1) is 13.8 Å². The lowest BCUT2D eigenvalue weighted by molar-refractivity contribution is 0.476. The Kier molecular flexibility index (Phi) is 4.47. The van der Waals surface area contributed by atoms with Gasteiger partial charge in [-0.15, -0.1) is 10.2 Å². The maximum Gasteiger partial charge on any atom is 0.156 e. The Morgan fingerprint density at radius 2 is 2.04 bits per heavy atom. The largest absolute Gasteiger partial charge is 0.507 e. The van der Waals surface area contributed by atoms with Gasteiger partial charge in [0.25, 0.3) is 0 Å². The van der Waals surface area contributed by atoms with Crippen LogP contribution in [0.25, 0.3) is 22.0 Å². The third kappa shape index (κ3) is 3.10. The van der Waals surface area contributed by atoms with Crippen molar-refractivity contribution in [3.05, 3.63) is 47.5 Å². The molecule has 0 amide bonds. The van der Waals surface area contributed by atoms with Gasteiger partial charge < -0.3 is 15.7 Å². The number of piperidine rings is 1. The van der Waals surface area contributed by atoms with Crippen LogP contribution in [0.2, 0.25) is 0 Å². The maximum atomic E-state index is 10.4. The second-order valence-corrected chi connectivity index (χ2v) is 7.10. The molecule has 5 nitrogen and oxygen atoms in total. The molecule has 1 fully saturated rings. The second kappa shape index (κ2) is 6.92. The van der Waals surface area contributed by atoms with Gasteiger partial charge in [0, 0.05) is 28.9 Å². The predicted molar refractivity (Wildman–Crippen MR) is 106 cm³/mol. The van der Waals surface area contributed by atoms with Crippen LogP contribution < -0.4 is 10.6 Å². The molecule has 0 aliphatic carbocycles. The second-order valence-electron chi connectivity index (χ2n) is 7.10. The van der Waals surface area contributed by atoms with Gasteiger partial charge in [0.05, 0.1) is 0 Å². The summed E-state index contributed by atoms with van der Waals surface area (Å²) < 4.78 is 0. The molecule has 0 radical (unpaired) electrons. The number of hydrogen-bond acceptors (Lipinski definition) is 5. The van der Waals surface area contributed by atoms with E-state index in [9.17, 15) is 5.11 Å². The fraction of sp³-hybridized carbons (Fsp3) is 0.333. The van der Waals surface area contributed by atoms with Crippen LogP contribution >= 0.6 is 0 Å². The zero-order valence-corrected chi connectivity index (χ0v) is 15.2. The van der Waals surface area contributed by atoms with Crippen LogP contribution in [0.1, 0.15) is 24.0 Å². The Balaban J connectivity index is 1.84. The van der Waals surface area contributed by atoms with Crippen molar-refractivity contribution in [1.82, 2.24) is 15.5 Å². The summed E-state index contributed by atoms with van der Waals surface area (Å²) in [5, 5.41) is 28.5. The van der Waals surface area contributed by atoms with Crippen molar-refractivity contribution in [1.29, 1.82) is 0 Å². The van der Waals surface area contributed by atoms with Gasteiger partial charge in [0.1, 0.15) is 11.4 Å². The smallest absolute Gasteiger partial charge is 0.156 e. The molecule has 2 aromatic carbocycles. The molecule has 4 rings (SSSR count). The summed E-state index contributed by atoms with van der Waals surface area (Å²) in [5.74, 6) is 1.05. The van der Waals surface area contributed by atoms with Gasteiger partial charge in [-0.1, -0.05) is 24.3 Å². The first-order chi connectivity index (χ1) is 12.6. The number of aromatic nitrogens is 2. The third-order valence-electron chi connectivity index (χ3n) is 5.06. The van der Waals surface area contributed by atoms with E-state index in [0.717, 1.165) is 59.3 Å². The lowest BCUT2D eigenvalue weighted by Gasteiger charge is -2.25. The van der Waals surface area contributed by atoms with Gasteiger partial charge in [-0.25, -0.2) is 0 Å². The molecular weight excluding hydrogens is 324 g/mol. The highest BCUT2D eigenvalue weighted by Gasteiger charge is 2.18. The highest BCUT2D eigenvalue weighted by molar-refractivity contribution is 6.02. The van der Waals surface area contributed by atoms with Crippen LogP contribution in [0.15, 0.2) is 36.4 Å². The summed E-state index contributed by atoms with van der Waals surface area (Å²) in [5.41, 5.74) is 3.58. The van der Waals surface area contributed by atoms with Crippen LogP contribution in [0.3, 0.4) is 0 Å². The van der Waals surface area contributed by atoms with E-state index in [1.807, 2.05) is 25.1 Å². The molecule has 0 unspecified atom stereocenters. The first-order valence-electron chi connectivity index (χ1n) is 9.17. The number of aromatic hydroxyl groups is 1. The highest BCUT2D eigenvalue weighted by atomic mass is 16.3. The molecule has 1 aliphatic rings. The van der Waals surface area contributed by atoms with E-state index in [-0.39, 0.29) is 5.75 Å². The summed E-state index contributed by atoms with van der Waals surface area (Å²) in [7, 11) is 0. The van der Waals surface area contributed by atoms with Crippen LogP contribution in [-0.2, 0) is 0 Å². The molecule has 5 heteroatoms. The van der Waals surface area contributed by atoms with Crippen LogP contribution in [0.5, 0.6) is 5.75 Å². The number of benzene rings is 2. The predicted octanol–water partition coefficient (Wildman–Crippen LogP) is 3.78. The molecule has 2 heterocycles. The fourth-order valence-corrected chi connectivity index (χ4v) is 3.69.